The average Bonchev–Trinajstić information content (AvgIpc) is 3.01. The fourth-order valence-electron chi connectivity index (χ4n) is 2.55. The van der Waals surface area contributed by atoms with Crippen molar-refractivity contribution in [3.05, 3.63) is 40.9 Å². The number of fused-ring (bicyclic) bond motifs is 1. The van der Waals surface area contributed by atoms with Gasteiger partial charge >= 0.3 is 6.36 Å². The Morgan fingerprint density at radius 1 is 1.15 bits per heavy atom. The first-order valence-electron chi connectivity index (χ1n) is 7.59. The Balaban J connectivity index is 2.07. The summed E-state index contributed by atoms with van der Waals surface area (Å²) < 4.78 is 79.9. The summed E-state index contributed by atoms with van der Waals surface area (Å²) in [6, 6.07) is 7.79. The minimum Gasteiger partial charge on any atom is -0.454 e. The molecular formula is C16H13BrF3NO5S. The Kier molecular flexibility index (Phi) is 5.17. The van der Waals surface area contributed by atoms with Gasteiger partial charge in [-0.2, -0.15) is 0 Å². The number of alkyl halides is 3. The first-order chi connectivity index (χ1) is 12.6. The predicted octanol–water partition coefficient (Wildman–Crippen LogP) is 4.29. The summed E-state index contributed by atoms with van der Waals surface area (Å²) in [5.41, 5.74) is 0.225. The molecule has 0 aliphatic carbocycles. The van der Waals surface area contributed by atoms with Crippen molar-refractivity contribution in [1.82, 2.24) is 0 Å². The van der Waals surface area contributed by atoms with Gasteiger partial charge in [0.05, 0.1) is 5.69 Å². The molecule has 27 heavy (non-hydrogen) atoms. The molecule has 146 valence electrons. The highest BCUT2D eigenvalue weighted by Gasteiger charge is 2.36. The largest absolute Gasteiger partial charge is 0.573 e. The second kappa shape index (κ2) is 7.12. The van der Waals surface area contributed by atoms with Crippen LogP contribution in [0, 0.1) is 0 Å². The third kappa shape index (κ3) is 4.08. The molecule has 1 heterocycles. The summed E-state index contributed by atoms with van der Waals surface area (Å²) in [5.74, 6) is -0.0169. The highest BCUT2D eigenvalue weighted by Crippen LogP contribution is 2.39. The Morgan fingerprint density at radius 3 is 2.52 bits per heavy atom. The van der Waals surface area contributed by atoms with Crippen molar-refractivity contribution in [3.8, 4) is 17.2 Å². The Morgan fingerprint density at radius 2 is 1.85 bits per heavy atom. The molecule has 6 nitrogen and oxygen atoms in total. The van der Waals surface area contributed by atoms with Gasteiger partial charge in [-0.15, -0.1) is 13.2 Å². The van der Waals surface area contributed by atoms with Crippen LogP contribution in [0.25, 0.3) is 0 Å². The molecule has 0 amide bonds. The molecule has 0 bridgehead atoms. The maximum absolute atomic E-state index is 13.1. The van der Waals surface area contributed by atoms with Gasteiger partial charge in [0.2, 0.25) is 6.79 Å². The summed E-state index contributed by atoms with van der Waals surface area (Å²) >= 11 is 3.02. The summed E-state index contributed by atoms with van der Waals surface area (Å²) in [6.07, 6.45) is -5.04. The molecule has 0 saturated carbocycles. The van der Waals surface area contributed by atoms with E-state index in [9.17, 15) is 21.6 Å². The number of hydrogen-bond donors (Lipinski definition) is 0. The topological polar surface area (TPSA) is 65.1 Å². The lowest BCUT2D eigenvalue weighted by Crippen LogP contribution is -2.31. The smallest absolute Gasteiger partial charge is 0.454 e. The molecule has 0 atom stereocenters. The molecule has 11 heteroatoms. The predicted molar refractivity (Wildman–Crippen MR) is 93.6 cm³/mol. The number of benzene rings is 2. The maximum atomic E-state index is 13.1. The minimum atomic E-state index is -5.04. The normalized spacial score (nSPS) is 13.5. The van der Waals surface area contributed by atoms with Crippen LogP contribution in [0.3, 0.4) is 0 Å². The SMILES string of the molecule is CCN(c1ccc2c(c1)OCO2)S(=O)(=O)c1ccc(Br)cc1OC(F)(F)F. The van der Waals surface area contributed by atoms with E-state index < -0.39 is 27.0 Å². The van der Waals surface area contributed by atoms with E-state index in [4.69, 9.17) is 9.47 Å². The second-order valence-electron chi connectivity index (χ2n) is 5.35. The zero-order valence-electron chi connectivity index (χ0n) is 13.8. The molecule has 0 saturated heterocycles. The third-order valence-electron chi connectivity index (χ3n) is 3.63. The highest BCUT2D eigenvalue weighted by molar-refractivity contribution is 9.10. The van der Waals surface area contributed by atoms with Crippen LogP contribution in [0.1, 0.15) is 6.92 Å². The number of sulfonamides is 1. The van der Waals surface area contributed by atoms with Crippen LogP contribution in [0.4, 0.5) is 18.9 Å². The van der Waals surface area contributed by atoms with Gasteiger partial charge in [0.15, 0.2) is 17.2 Å². The van der Waals surface area contributed by atoms with E-state index in [1.54, 1.807) is 6.92 Å². The first-order valence-corrected chi connectivity index (χ1v) is 9.83. The fourth-order valence-corrected chi connectivity index (χ4v) is 4.45. The Labute approximate surface area is 161 Å². The Bertz CT molecular complexity index is 965. The van der Waals surface area contributed by atoms with E-state index >= 15 is 0 Å². The van der Waals surface area contributed by atoms with Crippen molar-refractivity contribution in [3.63, 3.8) is 0 Å². The van der Waals surface area contributed by atoms with Gasteiger partial charge in [-0.05, 0) is 37.3 Å². The number of nitrogens with zero attached hydrogens (tertiary/aromatic N) is 1. The standard InChI is InChI=1S/C16H13BrF3NO5S/c1-2-21(11-4-5-12-13(8-11)25-9-24-12)27(22,23)15-6-3-10(17)7-14(15)26-16(18,19)20/h3-8H,2,9H2,1H3. The average molecular weight is 468 g/mol. The van der Waals surface area contributed by atoms with Gasteiger partial charge in [0.25, 0.3) is 10.0 Å². The van der Waals surface area contributed by atoms with Gasteiger partial charge in [0, 0.05) is 17.1 Å². The van der Waals surface area contributed by atoms with E-state index in [1.165, 1.54) is 24.3 Å². The molecule has 3 rings (SSSR count). The molecule has 1 aliphatic heterocycles. The summed E-state index contributed by atoms with van der Waals surface area (Å²) in [5, 5.41) is 0. The quantitative estimate of drug-likeness (QED) is 0.655. The van der Waals surface area contributed by atoms with Gasteiger partial charge < -0.3 is 14.2 Å². The lowest BCUT2D eigenvalue weighted by Gasteiger charge is -2.24. The summed E-state index contributed by atoms with van der Waals surface area (Å²) in [4.78, 5) is -0.609. The zero-order chi connectivity index (χ0) is 19.8. The molecule has 0 aromatic heterocycles. The van der Waals surface area contributed by atoms with E-state index in [2.05, 4.69) is 20.7 Å². The van der Waals surface area contributed by atoms with Crippen molar-refractivity contribution in [1.29, 1.82) is 0 Å². The van der Waals surface area contributed by atoms with Crippen LogP contribution in [-0.2, 0) is 10.0 Å². The molecule has 0 unspecified atom stereocenters. The molecule has 2 aromatic rings. The van der Waals surface area contributed by atoms with Crippen molar-refractivity contribution in [2.24, 2.45) is 0 Å². The molecule has 0 spiro atoms. The molecule has 0 fully saturated rings. The summed E-state index contributed by atoms with van der Waals surface area (Å²) in [7, 11) is -4.35. The monoisotopic (exact) mass is 467 g/mol. The molecule has 0 N–H and O–H groups in total. The second-order valence-corrected chi connectivity index (χ2v) is 8.09. The van der Waals surface area contributed by atoms with Crippen LogP contribution in [0.2, 0.25) is 0 Å². The first kappa shape index (κ1) is 19.6. The molecule has 0 radical (unpaired) electrons. The van der Waals surface area contributed by atoms with Crippen LogP contribution in [-0.4, -0.2) is 28.1 Å². The van der Waals surface area contributed by atoms with Crippen LogP contribution in [0.5, 0.6) is 17.2 Å². The lowest BCUT2D eigenvalue weighted by atomic mass is 10.3. The van der Waals surface area contributed by atoms with Crippen molar-refractivity contribution in [2.45, 2.75) is 18.2 Å². The van der Waals surface area contributed by atoms with E-state index in [1.807, 2.05) is 0 Å². The number of rotatable bonds is 5. The van der Waals surface area contributed by atoms with E-state index in [-0.39, 0.29) is 23.5 Å². The molecule has 1 aliphatic rings. The molecule has 2 aromatic carbocycles. The summed E-state index contributed by atoms with van der Waals surface area (Å²) in [6.45, 7) is 1.54. The van der Waals surface area contributed by atoms with Crippen LogP contribution >= 0.6 is 15.9 Å². The number of hydrogen-bond acceptors (Lipinski definition) is 5. The van der Waals surface area contributed by atoms with Gasteiger partial charge in [-0.3, -0.25) is 4.31 Å². The van der Waals surface area contributed by atoms with E-state index in [0.29, 0.717) is 11.5 Å². The van der Waals surface area contributed by atoms with Gasteiger partial charge in [-0.1, -0.05) is 15.9 Å². The number of halogens is 4. The number of ether oxygens (including phenoxy) is 3. The van der Waals surface area contributed by atoms with E-state index in [0.717, 1.165) is 16.4 Å². The lowest BCUT2D eigenvalue weighted by molar-refractivity contribution is -0.275. The Hall–Kier alpha value is -2.14. The highest BCUT2D eigenvalue weighted by atomic mass is 79.9. The van der Waals surface area contributed by atoms with Crippen LogP contribution in [0.15, 0.2) is 45.8 Å². The van der Waals surface area contributed by atoms with Crippen LogP contribution < -0.4 is 18.5 Å². The minimum absolute atomic E-state index is 0.00788. The fraction of sp³-hybridized carbons (Fsp3) is 0.250. The maximum Gasteiger partial charge on any atom is 0.573 e. The third-order valence-corrected chi connectivity index (χ3v) is 6.07. The molecular weight excluding hydrogens is 455 g/mol. The van der Waals surface area contributed by atoms with Crippen molar-refractivity contribution < 1.29 is 35.8 Å². The van der Waals surface area contributed by atoms with Crippen molar-refractivity contribution >= 4 is 31.6 Å². The van der Waals surface area contributed by atoms with Gasteiger partial charge in [0.1, 0.15) is 4.90 Å². The number of anilines is 1. The van der Waals surface area contributed by atoms with Gasteiger partial charge in [-0.25, -0.2) is 8.42 Å². The van der Waals surface area contributed by atoms with Crippen molar-refractivity contribution in [2.75, 3.05) is 17.6 Å². The zero-order valence-corrected chi connectivity index (χ0v) is 16.2.